The van der Waals surface area contributed by atoms with Crippen LogP contribution in [0, 0.1) is 11.3 Å². The lowest BCUT2D eigenvalue weighted by Crippen LogP contribution is -2.05. The van der Waals surface area contributed by atoms with E-state index < -0.39 is 0 Å². The minimum absolute atomic E-state index is 0.170. The predicted octanol–water partition coefficient (Wildman–Crippen LogP) is 2.49. The first-order valence-electron chi connectivity index (χ1n) is 5.22. The lowest BCUT2D eigenvalue weighted by Gasteiger charge is -2.13. The fraction of sp³-hybridized carbons (Fsp3) is 0.154. The molecule has 2 aromatic rings. The largest absolute Gasteiger partial charge is 0.484 e. The Labute approximate surface area is 99.5 Å². The number of hydrogen-bond acceptors (Lipinski definition) is 4. The average molecular weight is 225 g/mol. The van der Waals surface area contributed by atoms with E-state index in [1.54, 1.807) is 42.9 Å². The summed E-state index contributed by atoms with van der Waals surface area (Å²) in [4.78, 5) is 8.16. The molecule has 4 heteroatoms. The molecule has 4 nitrogen and oxygen atoms in total. The highest BCUT2D eigenvalue weighted by molar-refractivity contribution is 5.34. The molecule has 0 N–H and O–H groups in total. The predicted molar refractivity (Wildman–Crippen MR) is 62.2 cm³/mol. The maximum Gasteiger partial charge on any atom is 0.139 e. The summed E-state index contributed by atoms with van der Waals surface area (Å²) in [6.45, 7) is 1.90. The first kappa shape index (κ1) is 11.1. The fourth-order valence-corrected chi connectivity index (χ4v) is 1.39. The smallest absolute Gasteiger partial charge is 0.139 e. The van der Waals surface area contributed by atoms with Gasteiger partial charge in [0.1, 0.15) is 11.9 Å². The normalized spacial score (nSPS) is 11.5. The van der Waals surface area contributed by atoms with Crippen LogP contribution in [0.25, 0.3) is 0 Å². The molecule has 0 bridgehead atoms. The maximum atomic E-state index is 8.68. The Hall–Kier alpha value is -2.41. The van der Waals surface area contributed by atoms with Crippen LogP contribution in [0.5, 0.6) is 5.75 Å². The third-order valence-electron chi connectivity index (χ3n) is 2.30. The average Bonchev–Trinajstić information content (AvgIpc) is 2.40. The van der Waals surface area contributed by atoms with Crippen molar-refractivity contribution in [2.24, 2.45) is 0 Å². The molecule has 0 radical (unpaired) electrons. The van der Waals surface area contributed by atoms with Gasteiger partial charge < -0.3 is 4.74 Å². The lowest BCUT2D eigenvalue weighted by molar-refractivity contribution is 0.221. The Balaban J connectivity index is 2.08. The van der Waals surface area contributed by atoms with Gasteiger partial charge in [0.05, 0.1) is 23.5 Å². The Kier molecular flexibility index (Phi) is 3.31. The molecular weight excluding hydrogens is 214 g/mol. The highest BCUT2D eigenvalue weighted by Crippen LogP contribution is 2.19. The van der Waals surface area contributed by atoms with Crippen molar-refractivity contribution in [3.05, 3.63) is 54.1 Å². The molecule has 1 aromatic carbocycles. The van der Waals surface area contributed by atoms with Crippen LogP contribution < -0.4 is 4.74 Å². The molecule has 0 fully saturated rings. The van der Waals surface area contributed by atoms with Gasteiger partial charge in [0.2, 0.25) is 0 Å². The lowest BCUT2D eigenvalue weighted by atomic mass is 10.2. The number of rotatable bonds is 3. The summed E-state index contributed by atoms with van der Waals surface area (Å²) >= 11 is 0. The standard InChI is InChI=1S/C13H11N3O/c1-10(13-9-15-6-7-16-13)17-12-4-2-11(8-14)3-5-12/h2-7,9-10H,1H3. The van der Waals surface area contributed by atoms with E-state index in [1.807, 2.05) is 6.92 Å². The van der Waals surface area contributed by atoms with Gasteiger partial charge in [-0.15, -0.1) is 0 Å². The first-order valence-corrected chi connectivity index (χ1v) is 5.22. The van der Waals surface area contributed by atoms with Crippen LogP contribution in [0.3, 0.4) is 0 Å². The minimum atomic E-state index is -0.170. The van der Waals surface area contributed by atoms with Crippen molar-refractivity contribution < 1.29 is 4.74 Å². The monoisotopic (exact) mass is 225 g/mol. The second-order valence-corrected chi connectivity index (χ2v) is 3.53. The van der Waals surface area contributed by atoms with Crippen LogP contribution in [-0.2, 0) is 0 Å². The molecule has 0 aliphatic heterocycles. The van der Waals surface area contributed by atoms with E-state index in [1.165, 1.54) is 0 Å². The first-order chi connectivity index (χ1) is 8.29. The van der Waals surface area contributed by atoms with Crippen molar-refractivity contribution in [3.63, 3.8) is 0 Å². The van der Waals surface area contributed by atoms with Gasteiger partial charge in [0.15, 0.2) is 0 Å². The number of hydrogen-bond donors (Lipinski definition) is 0. The molecule has 1 heterocycles. The van der Waals surface area contributed by atoms with E-state index >= 15 is 0 Å². The van der Waals surface area contributed by atoms with Crippen LogP contribution in [-0.4, -0.2) is 9.97 Å². The topological polar surface area (TPSA) is 58.8 Å². The summed E-state index contributed by atoms with van der Waals surface area (Å²) in [5.41, 5.74) is 1.39. The molecule has 1 aromatic heterocycles. The summed E-state index contributed by atoms with van der Waals surface area (Å²) in [6.07, 6.45) is 4.76. The SMILES string of the molecule is CC(Oc1ccc(C#N)cc1)c1cnccn1. The van der Waals surface area contributed by atoms with Crippen molar-refractivity contribution in [1.82, 2.24) is 9.97 Å². The maximum absolute atomic E-state index is 8.68. The van der Waals surface area contributed by atoms with Gasteiger partial charge in [-0.1, -0.05) is 0 Å². The molecule has 0 aliphatic carbocycles. The summed E-state index contributed by atoms with van der Waals surface area (Å²) < 4.78 is 5.69. The highest BCUT2D eigenvalue weighted by atomic mass is 16.5. The number of nitrogens with zero attached hydrogens (tertiary/aromatic N) is 3. The van der Waals surface area contributed by atoms with Crippen LogP contribution in [0.15, 0.2) is 42.9 Å². The minimum Gasteiger partial charge on any atom is -0.484 e. The third kappa shape index (κ3) is 2.79. The third-order valence-corrected chi connectivity index (χ3v) is 2.30. The molecule has 0 amide bonds. The van der Waals surface area contributed by atoms with Crippen LogP contribution in [0.4, 0.5) is 0 Å². The number of benzene rings is 1. The molecular formula is C13H11N3O. The van der Waals surface area contributed by atoms with Crippen LogP contribution in [0.1, 0.15) is 24.3 Å². The summed E-state index contributed by atoms with van der Waals surface area (Å²) in [5, 5.41) is 8.68. The Bertz CT molecular complexity index is 517. The van der Waals surface area contributed by atoms with Crippen molar-refractivity contribution >= 4 is 0 Å². The molecule has 1 atom stereocenters. The van der Waals surface area contributed by atoms with E-state index in [0.29, 0.717) is 11.3 Å². The molecule has 2 rings (SSSR count). The van der Waals surface area contributed by atoms with E-state index in [9.17, 15) is 0 Å². The highest BCUT2D eigenvalue weighted by Gasteiger charge is 2.08. The number of nitriles is 1. The second kappa shape index (κ2) is 5.08. The zero-order valence-corrected chi connectivity index (χ0v) is 9.37. The van der Waals surface area contributed by atoms with Gasteiger partial charge in [-0.05, 0) is 31.2 Å². The summed E-state index contributed by atoms with van der Waals surface area (Å²) in [5.74, 6) is 0.710. The summed E-state index contributed by atoms with van der Waals surface area (Å²) in [6, 6.07) is 9.04. The van der Waals surface area contributed by atoms with Gasteiger partial charge in [-0.3, -0.25) is 9.97 Å². The van der Waals surface area contributed by atoms with Gasteiger partial charge in [-0.2, -0.15) is 5.26 Å². The van der Waals surface area contributed by atoms with Gasteiger partial charge in [0.25, 0.3) is 0 Å². The summed E-state index contributed by atoms with van der Waals surface area (Å²) in [7, 11) is 0. The molecule has 17 heavy (non-hydrogen) atoms. The number of ether oxygens (including phenoxy) is 1. The van der Waals surface area contributed by atoms with E-state index in [4.69, 9.17) is 10.00 Å². The van der Waals surface area contributed by atoms with Crippen molar-refractivity contribution in [3.8, 4) is 11.8 Å². The quantitative estimate of drug-likeness (QED) is 0.805. The molecule has 0 saturated carbocycles. The molecule has 0 spiro atoms. The van der Waals surface area contributed by atoms with Crippen molar-refractivity contribution in [2.75, 3.05) is 0 Å². The van der Waals surface area contributed by atoms with Crippen LogP contribution in [0.2, 0.25) is 0 Å². The van der Waals surface area contributed by atoms with Gasteiger partial charge in [-0.25, -0.2) is 0 Å². The van der Waals surface area contributed by atoms with E-state index in [2.05, 4.69) is 16.0 Å². The Morgan fingerprint density at radius 3 is 2.59 bits per heavy atom. The van der Waals surface area contributed by atoms with Gasteiger partial charge in [0, 0.05) is 12.4 Å². The Morgan fingerprint density at radius 2 is 2.00 bits per heavy atom. The molecule has 84 valence electrons. The second-order valence-electron chi connectivity index (χ2n) is 3.53. The molecule has 0 saturated heterocycles. The Morgan fingerprint density at radius 1 is 1.24 bits per heavy atom. The molecule has 1 unspecified atom stereocenters. The van der Waals surface area contributed by atoms with E-state index in [-0.39, 0.29) is 6.10 Å². The fourth-order valence-electron chi connectivity index (χ4n) is 1.39. The molecule has 0 aliphatic rings. The zero-order chi connectivity index (χ0) is 12.1. The van der Waals surface area contributed by atoms with Crippen molar-refractivity contribution in [2.45, 2.75) is 13.0 Å². The van der Waals surface area contributed by atoms with Crippen LogP contribution >= 0.6 is 0 Å². The number of aromatic nitrogens is 2. The van der Waals surface area contributed by atoms with Crippen molar-refractivity contribution in [1.29, 1.82) is 5.26 Å². The zero-order valence-electron chi connectivity index (χ0n) is 9.37. The van der Waals surface area contributed by atoms with E-state index in [0.717, 1.165) is 5.69 Å². The van der Waals surface area contributed by atoms with Gasteiger partial charge >= 0.3 is 0 Å².